The summed E-state index contributed by atoms with van der Waals surface area (Å²) in [5.41, 5.74) is -0.128. The van der Waals surface area contributed by atoms with E-state index in [2.05, 4.69) is 4.42 Å². The average Bonchev–Trinajstić information content (AvgIpc) is 3.10. The van der Waals surface area contributed by atoms with Gasteiger partial charge in [0.15, 0.2) is 0 Å². The molecule has 0 radical (unpaired) electrons. The number of aliphatic hydroxyl groups excluding tert-OH is 1. The van der Waals surface area contributed by atoms with E-state index in [-0.39, 0.29) is 18.6 Å². The fourth-order valence-corrected chi connectivity index (χ4v) is 1.59. The maximum absolute atomic E-state index is 12.0. The first-order chi connectivity index (χ1) is 7.72. The second kappa shape index (κ2) is 4.49. The third kappa shape index (κ3) is 2.30. The van der Waals surface area contributed by atoms with Gasteiger partial charge in [-0.25, -0.2) is 4.79 Å². The van der Waals surface area contributed by atoms with Gasteiger partial charge in [-0.05, 0) is 18.9 Å². The molecule has 86 valence electrons. The zero-order chi connectivity index (χ0) is 11.5. The lowest BCUT2D eigenvalue weighted by atomic mass is 10.2. The van der Waals surface area contributed by atoms with Crippen molar-refractivity contribution in [3.05, 3.63) is 34.4 Å². The van der Waals surface area contributed by atoms with Gasteiger partial charge >= 0.3 is 5.63 Å². The van der Waals surface area contributed by atoms with Crippen LogP contribution >= 0.6 is 0 Å². The Labute approximate surface area is 92.3 Å². The highest BCUT2D eigenvalue weighted by Gasteiger charge is 2.32. The quantitative estimate of drug-likeness (QED) is 0.793. The Kier molecular flexibility index (Phi) is 3.05. The molecule has 2 rings (SSSR count). The molecule has 1 aromatic heterocycles. The molecule has 1 aromatic rings. The molecular weight excluding hydrogens is 210 g/mol. The van der Waals surface area contributed by atoms with Crippen molar-refractivity contribution in [3.63, 3.8) is 0 Å². The first-order valence-electron chi connectivity index (χ1n) is 5.23. The summed E-state index contributed by atoms with van der Waals surface area (Å²) < 4.78 is 4.64. The van der Waals surface area contributed by atoms with Crippen LogP contribution in [0.1, 0.15) is 23.2 Å². The smallest absolute Gasteiger partial charge is 0.335 e. The van der Waals surface area contributed by atoms with E-state index in [4.69, 9.17) is 5.11 Å². The van der Waals surface area contributed by atoms with Crippen molar-refractivity contribution in [2.45, 2.75) is 18.9 Å². The fourth-order valence-electron chi connectivity index (χ4n) is 1.59. The topological polar surface area (TPSA) is 70.8 Å². The highest BCUT2D eigenvalue weighted by atomic mass is 16.4. The zero-order valence-electron chi connectivity index (χ0n) is 8.76. The number of carbonyl (C=O) groups excluding carboxylic acids is 1. The number of carbonyl (C=O) groups is 1. The van der Waals surface area contributed by atoms with Gasteiger partial charge in [-0.1, -0.05) is 0 Å². The van der Waals surface area contributed by atoms with Crippen LogP contribution in [-0.2, 0) is 0 Å². The van der Waals surface area contributed by atoms with Crippen molar-refractivity contribution in [1.29, 1.82) is 0 Å². The Morgan fingerprint density at radius 3 is 2.75 bits per heavy atom. The maximum Gasteiger partial charge on any atom is 0.335 e. The van der Waals surface area contributed by atoms with Crippen LogP contribution in [0.3, 0.4) is 0 Å². The Balaban J connectivity index is 2.15. The van der Waals surface area contributed by atoms with Crippen molar-refractivity contribution in [2.75, 3.05) is 13.2 Å². The number of nitrogens with zero attached hydrogens (tertiary/aromatic N) is 1. The molecule has 0 atom stereocenters. The average molecular weight is 223 g/mol. The summed E-state index contributed by atoms with van der Waals surface area (Å²) in [6.45, 7) is 0.266. The molecule has 0 saturated heterocycles. The number of hydrogen-bond acceptors (Lipinski definition) is 4. The molecule has 1 N–H and O–H groups in total. The molecule has 0 bridgehead atoms. The van der Waals surface area contributed by atoms with E-state index in [1.54, 1.807) is 4.90 Å². The van der Waals surface area contributed by atoms with Crippen molar-refractivity contribution in [3.8, 4) is 0 Å². The predicted octanol–water partition coefficient (Wildman–Crippen LogP) is 0.237. The van der Waals surface area contributed by atoms with Crippen molar-refractivity contribution in [1.82, 2.24) is 4.90 Å². The first-order valence-corrected chi connectivity index (χ1v) is 5.23. The molecular formula is C11H13NO4. The Hall–Kier alpha value is -1.62. The van der Waals surface area contributed by atoms with E-state index in [1.807, 2.05) is 0 Å². The van der Waals surface area contributed by atoms with Crippen LogP contribution < -0.4 is 5.63 Å². The van der Waals surface area contributed by atoms with Crippen LogP contribution in [0, 0.1) is 0 Å². The molecule has 1 saturated carbocycles. The third-order valence-corrected chi connectivity index (χ3v) is 2.54. The van der Waals surface area contributed by atoms with E-state index in [0.717, 1.165) is 19.1 Å². The largest absolute Gasteiger partial charge is 0.430 e. The van der Waals surface area contributed by atoms with Crippen molar-refractivity contribution >= 4 is 5.91 Å². The third-order valence-electron chi connectivity index (χ3n) is 2.54. The summed E-state index contributed by atoms with van der Waals surface area (Å²) in [6.07, 6.45) is 3.11. The van der Waals surface area contributed by atoms with E-state index >= 15 is 0 Å². The fraction of sp³-hybridized carbons (Fsp3) is 0.455. The SMILES string of the molecule is O=C(c1ccc(=O)oc1)N(CCO)C1CC1. The molecule has 0 aromatic carbocycles. The summed E-state index contributed by atoms with van der Waals surface area (Å²) in [7, 11) is 0. The lowest BCUT2D eigenvalue weighted by Crippen LogP contribution is -2.35. The minimum Gasteiger partial charge on any atom is -0.430 e. The second-order valence-corrected chi connectivity index (χ2v) is 3.80. The molecule has 1 aliphatic rings. The summed E-state index contributed by atoms with van der Waals surface area (Å²) in [6, 6.07) is 2.89. The van der Waals surface area contributed by atoms with Gasteiger partial charge in [0.1, 0.15) is 6.26 Å². The first kappa shape index (κ1) is 10.9. The molecule has 0 aliphatic heterocycles. The van der Waals surface area contributed by atoms with E-state index in [0.29, 0.717) is 12.1 Å². The van der Waals surface area contributed by atoms with E-state index in [1.165, 1.54) is 12.1 Å². The van der Waals surface area contributed by atoms with Crippen LogP contribution in [0.15, 0.2) is 27.6 Å². The summed E-state index contributed by atoms with van der Waals surface area (Å²) in [5, 5.41) is 8.89. The Morgan fingerprint density at radius 2 is 2.25 bits per heavy atom. The lowest BCUT2D eigenvalue weighted by Gasteiger charge is -2.20. The van der Waals surface area contributed by atoms with Crippen LogP contribution in [-0.4, -0.2) is 35.1 Å². The van der Waals surface area contributed by atoms with Gasteiger partial charge in [0.25, 0.3) is 5.91 Å². The van der Waals surface area contributed by atoms with Crippen molar-refractivity contribution in [2.24, 2.45) is 0 Å². The molecule has 1 fully saturated rings. The normalized spacial score (nSPS) is 14.8. The van der Waals surface area contributed by atoms with Gasteiger partial charge in [0.2, 0.25) is 0 Å². The van der Waals surface area contributed by atoms with E-state index < -0.39 is 5.63 Å². The molecule has 1 aliphatic carbocycles. The molecule has 0 spiro atoms. The van der Waals surface area contributed by atoms with E-state index in [9.17, 15) is 9.59 Å². The van der Waals surface area contributed by atoms with Gasteiger partial charge in [0.05, 0.1) is 12.2 Å². The number of rotatable bonds is 4. The van der Waals surface area contributed by atoms with Gasteiger partial charge in [0, 0.05) is 18.7 Å². The Bertz CT molecular complexity index is 415. The molecule has 16 heavy (non-hydrogen) atoms. The number of hydrogen-bond donors (Lipinski definition) is 1. The van der Waals surface area contributed by atoms with Crippen LogP contribution in [0.4, 0.5) is 0 Å². The van der Waals surface area contributed by atoms with Gasteiger partial charge in [-0.15, -0.1) is 0 Å². The monoisotopic (exact) mass is 223 g/mol. The standard InChI is InChI=1S/C11H13NO4/c13-6-5-12(9-2-3-9)11(15)8-1-4-10(14)16-7-8/h1,4,7,9,13H,2-3,5-6H2. The molecule has 1 heterocycles. The highest BCUT2D eigenvalue weighted by Crippen LogP contribution is 2.27. The second-order valence-electron chi connectivity index (χ2n) is 3.80. The summed E-state index contributed by atoms with van der Waals surface area (Å²) in [5.74, 6) is -0.194. The summed E-state index contributed by atoms with van der Waals surface area (Å²) >= 11 is 0. The molecule has 5 heteroatoms. The number of aliphatic hydroxyl groups is 1. The lowest BCUT2D eigenvalue weighted by molar-refractivity contribution is 0.0705. The molecule has 1 amide bonds. The van der Waals surface area contributed by atoms with Crippen LogP contribution in [0.25, 0.3) is 0 Å². The van der Waals surface area contributed by atoms with Gasteiger partial charge in [-0.2, -0.15) is 0 Å². The minimum atomic E-state index is -0.475. The molecule has 5 nitrogen and oxygen atoms in total. The number of amides is 1. The highest BCUT2D eigenvalue weighted by molar-refractivity contribution is 5.94. The predicted molar refractivity (Wildman–Crippen MR) is 56.1 cm³/mol. The van der Waals surface area contributed by atoms with Crippen LogP contribution in [0.2, 0.25) is 0 Å². The van der Waals surface area contributed by atoms with Crippen molar-refractivity contribution < 1.29 is 14.3 Å². The zero-order valence-corrected chi connectivity index (χ0v) is 8.76. The maximum atomic E-state index is 12.0. The summed E-state index contributed by atoms with van der Waals surface area (Å²) in [4.78, 5) is 24.4. The van der Waals surface area contributed by atoms with Crippen LogP contribution in [0.5, 0.6) is 0 Å². The van der Waals surface area contributed by atoms with Gasteiger partial charge < -0.3 is 14.4 Å². The van der Waals surface area contributed by atoms with Gasteiger partial charge in [-0.3, -0.25) is 4.79 Å². The molecule has 0 unspecified atom stereocenters. The Morgan fingerprint density at radius 1 is 1.50 bits per heavy atom. The minimum absolute atomic E-state index is 0.0565.